The van der Waals surface area contributed by atoms with E-state index in [1.54, 1.807) is 24.3 Å². The molecule has 0 saturated carbocycles. The molecule has 0 unspecified atom stereocenters. The maximum absolute atomic E-state index is 12.5. The fourth-order valence-corrected chi connectivity index (χ4v) is 4.08. The number of nitrogens with one attached hydrogen (secondary N) is 1. The van der Waals surface area contributed by atoms with Gasteiger partial charge >= 0.3 is 0 Å². The molecule has 0 bridgehead atoms. The Bertz CT molecular complexity index is 831. The van der Waals surface area contributed by atoms with Crippen LogP contribution in [0.1, 0.15) is 23.6 Å². The number of aliphatic carboxylic acids is 1. The van der Waals surface area contributed by atoms with Crippen LogP contribution in [-0.4, -0.2) is 14.4 Å². The number of aryl methyl sites for hydroxylation is 1. The van der Waals surface area contributed by atoms with Gasteiger partial charge in [-0.25, -0.2) is 13.1 Å². The van der Waals surface area contributed by atoms with Crippen LogP contribution in [-0.2, 0) is 14.8 Å². The Labute approximate surface area is 150 Å². The van der Waals surface area contributed by atoms with Gasteiger partial charge in [0.2, 0.25) is 10.0 Å². The molecule has 1 N–H and O–H groups in total. The number of carboxylic acids is 1. The minimum absolute atomic E-state index is 0.143. The number of benzene rings is 2. The van der Waals surface area contributed by atoms with Gasteiger partial charge in [-0.15, -0.1) is 0 Å². The molecule has 0 aromatic heterocycles. The van der Waals surface area contributed by atoms with Gasteiger partial charge in [-0.05, 0) is 30.7 Å². The highest BCUT2D eigenvalue weighted by Gasteiger charge is 2.22. The van der Waals surface area contributed by atoms with Gasteiger partial charge in [0.05, 0.1) is 10.9 Å². The Balaban J connectivity index is 2.37. The van der Waals surface area contributed by atoms with Crippen molar-refractivity contribution < 1.29 is 18.3 Å². The van der Waals surface area contributed by atoms with Crippen LogP contribution >= 0.6 is 23.2 Å². The van der Waals surface area contributed by atoms with Crippen LogP contribution in [0.3, 0.4) is 0 Å². The average molecular weight is 387 g/mol. The Hall–Kier alpha value is -1.60. The molecular weight excluding hydrogens is 373 g/mol. The van der Waals surface area contributed by atoms with Crippen LogP contribution in [0.5, 0.6) is 0 Å². The third kappa shape index (κ3) is 4.95. The quantitative estimate of drug-likeness (QED) is 0.825. The van der Waals surface area contributed by atoms with E-state index in [9.17, 15) is 18.3 Å². The monoisotopic (exact) mass is 386 g/mol. The Morgan fingerprint density at radius 1 is 1.12 bits per heavy atom. The predicted octanol–water partition coefficient (Wildman–Crippen LogP) is 2.46. The summed E-state index contributed by atoms with van der Waals surface area (Å²) in [5, 5.41) is 11.3. The summed E-state index contributed by atoms with van der Waals surface area (Å²) in [5.74, 6) is -1.37. The maximum atomic E-state index is 12.5. The lowest BCUT2D eigenvalue weighted by atomic mass is 10.0. The minimum atomic E-state index is -4.02. The fourth-order valence-electron chi connectivity index (χ4n) is 2.13. The smallest absolute Gasteiger partial charge is 0.241 e. The Kier molecular flexibility index (Phi) is 5.87. The normalized spacial score (nSPS) is 12.8. The van der Waals surface area contributed by atoms with E-state index >= 15 is 0 Å². The van der Waals surface area contributed by atoms with E-state index in [4.69, 9.17) is 23.2 Å². The molecule has 0 heterocycles. The Morgan fingerprint density at radius 3 is 2.17 bits per heavy atom. The first kappa shape index (κ1) is 18.7. The summed E-state index contributed by atoms with van der Waals surface area (Å²) in [6.45, 7) is 1.87. The first-order valence-corrected chi connectivity index (χ1v) is 9.16. The molecular formula is C16H14Cl2NO4S-. The second-order valence-corrected chi connectivity index (χ2v) is 7.85. The molecule has 0 saturated heterocycles. The zero-order valence-electron chi connectivity index (χ0n) is 12.6. The molecule has 0 radical (unpaired) electrons. The molecule has 2 aromatic carbocycles. The number of halogens is 2. The average Bonchev–Trinajstić information content (AvgIpc) is 2.45. The number of sulfonamides is 1. The van der Waals surface area contributed by atoms with Crippen LogP contribution < -0.4 is 9.83 Å². The number of carboxylic acid groups (broad SMARTS) is 1. The molecule has 0 aliphatic rings. The maximum Gasteiger partial charge on any atom is 0.241 e. The number of hydrogen-bond donors (Lipinski definition) is 1. The van der Waals surface area contributed by atoms with Crippen molar-refractivity contribution in [2.24, 2.45) is 0 Å². The first-order valence-electron chi connectivity index (χ1n) is 6.92. The lowest BCUT2D eigenvalue weighted by molar-refractivity contribution is -0.306. The van der Waals surface area contributed by atoms with E-state index in [0.717, 1.165) is 5.56 Å². The summed E-state index contributed by atoms with van der Waals surface area (Å²) in [4.78, 5) is 10.8. The van der Waals surface area contributed by atoms with E-state index < -0.39 is 28.5 Å². The number of carbonyl (C=O) groups excluding carboxylic acids is 1. The molecule has 24 heavy (non-hydrogen) atoms. The van der Waals surface area contributed by atoms with E-state index in [2.05, 4.69) is 4.72 Å². The highest BCUT2D eigenvalue weighted by atomic mass is 35.5. The van der Waals surface area contributed by atoms with Crippen LogP contribution in [0.4, 0.5) is 0 Å². The molecule has 0 aliphatic heterocycles. The second kappa shape index (κ2) is 7.53. The summed E-state index contributed by atoms with van der Waals surface area (Å²) < 4.78 is 27.4. The Morgan fingerprint density at radius 2 is 1.67 bits per heavy atom. The number of hydrogen-bond acceptors (Lipinski definition) is 4. The predicted molar refractivity (Wildman–Crippen MR) is 90.3 cm³/mol. The van der Waals surface area contributed by atoms with Gasteiger partial charge in [0.1, 0.15) is 0 Å². The molecule has 2 rings (SSSR count). The van der Waals surface area contributed by atoms with Gasteiger partial charge in [0.25, 0.3) is 0 Å². The van der Waals surface area contributed by atoms with Crippen molar-refractivity contribution in [3.8, 4) is 0 Å². The third-order valence-corrected chi connectivity index (χ3v) is 5.18. The van der Waals surface area contributed by atoms with Gasteiger partial charge in [0, 0.05) is 22.4 Å². The van der Waals surface area contributed by atoms with E-state index in [1.807, 2.05) is 6.92 Å². The molecule has 8 heteroatoms. The summed E-state index contributed by atoms with van der Waals surface area (Å²) >= 11 is 11.7. The topological polar surface area (TPSA) is 86.3 Å². The summed E-state index contributed by atoms with van der Waals surface area (Å²) in [6, 6.07) is 9.76. The van der Waals surface area contributed by atoms with E-state index in [-0.39, 0.29) is 14.9 Å². The lowest BCUT2D eigenvalue weighted by Gasteiger charge is -2.20. The fraction of sp³-hybridized carbons (Fsp3) is 0.188. The standard InChI is InChI=1S/C16H15Cl2NO4S/c1-10-2-4-11(5-3-10)15(9-16(20)21)19-24(22,23)14-7-12(17)6-13(18)8-14/h2-8,15,19H,9H2,1H3,(H,20,21)/p-1/t15-/m0/s1. The molecule has 5 nitrogen and oxygen atoms in total. The molecule has 1 atom stereocenters. The van der Waals surface area contributed by atoms with E-state index in [0.29, 0.717) is 5.56 Å². The third-order valence-electron chi connectivity index (χ3n) is 3.29. The highest BCUT2D eigenvalue weighted by molar-refractivity contribution is 7.89. The highest BCUT2D eigenvalue weighted by Crippen LogP contribution is 2.25. The van der Waals surface area contributed by atoms with Crippen molar-refractivity contribution in [3.63, 3.8) is 0 Å². The molecule has 0 aliphatic carbocycles. The molecule has 0 spiro atoms. The lowest BCUT2D eigenvalue weighted by Crippen LogP contribution is -2.34. The van der Waals surface area contributed by atoms with Crippen molar-refractivity contribution in [2.75, 3.05) is 0 Å². The molecule has 0 amide bonds. The van der Waals surface area contributed by atoms with Crippen LogP contribution in [0, 0.1) is 6.92 Å². The van der Waals surface area contributed by atoms with Gasteiger partial charge in [-0.1, -0.05) is 53.0 Å². The van der Waals surface area contributed by atoms with Crippen molar-refractivity contribution in [2.45, 2.75) is 24.3 Å². The molecule has 2 aromatic rings. The van der Waals surface area contributed by atoms with Gasteiger partial charge in [0.15, 0.2) is 0 Å². The van der Waals surface area contributed by atoms with Crippen molar-refractivity contribution in [3.05, 3.63) is 63.6 Å². The number of rotatable bonds is 6. The molecule has 0 fully saturated rings. The summed E-state index contributed by atoms with van der Waals surface area (Å²) in [5.41, 5.74) is 1.48. The van der Waals surface area contributed by atoms with Crippen molar-refractivity contribution >= 4 is 39.2 Å². The van der Waals surface area contributed by atoms with Gasteiger partial charge < -0.3 is 9.90 Å². The van der Waals surface area contributed by atoms with E-state index in [1.165, 1.54) is 18.2 Å². The SMILES string of the molecule is Cc1ccc([C@H](CC(=O)[O-])NS(=O)(=O)c2cc(Cl)cc(Cl)c2)cc1. The second-order valence-electron chi connectivity index (χ2n) is 5.27. The summed E-state index contributed by atoms with van der Waals surface area (Å²) in [7, 11) is -4.02. The van der Waals surface area contributed by atoms with Gasteiger partial charge in [-0.3, -0.25) is 0 Å². The van der Waals surface area contributed by atoms with Crippen molar-refractivity contribution in [1.82, 2.24) is 4.72 Å². The number of carbonyl (C=O) groups is 1. The zero-order chi connectivity index (χ0) is 17.9. The van der Waals surface area contributed by atoms with Crippen molar-refractivity contribution in [1.29, 1.82) is 0 Å². The first-order chi connectivity index (χ1) is 11.2. The van der Waals surface area contributed by atoms with Crippen LogP contribution in [0.2, 0.25) is 10.0 Å². The van der Waals surface area contributed by atoms with Crippen LogP contribution in [0.25, 0.3) is 0 Å². The van der Waals surface area contributed by atoms with Gasteiger partial charge in [-0.2, -0.15) is 0 Å². The summed E-state index contributed by atoms with van der Waals surface area (Å²) in [6.07, 6.45) is -0.503. The largest absolute Gasteiger partial charge is 0.550 e. The zero-order valence-corrected chi connectivity index (χ0v) is 15.0. The minimum Gasteiger partial charge on any atom is -0.550 e. The van der Waals surface area contributed by atoms with Crippen LogP contribution in [0.15, 0.2) is 47.4 Å². The molecule has 128 valence electrons.